The number of hydrogen-bond acceptors (Lipinski definition) is 2. The fraction of sp³-hybridized carbons (Fsp3) is 0.400. The zero-order valence-corrected chi connectivity index (χ0v) is 12.7. The molecular weight excluding hydrogens is 258 g/mol. The normalized spacial score (nSPS) is 11.0. The molecule has 2 aromatic rings. The highest BCUT2D eigenvalue weighted by Crippen LogP contribution is 2.27. The van der Waals surface area contributed by atoms with E-state index < -0.39 is 0 Å². The second-order valence-corrected chi connectivity index (χ2v) is 5.14. The third-order valence-corrected chi connectivity index (χ3v) is 3.81. The number of benzene rings is 1. The molecule has 19 heavy (non-hydrogen) atoms. The third kappa shape index (κ3) is 2.67. The van der Waals surface area contributed by atoms with E-state index in [1.54, 1.807) is 0 Å². The number of aromatic nitrogens is 2. The van der Waals surface area contributed by atoms with Crippen molar-refractivity contribution in [1.82, 2.24) is 15.1 Å². The zero-order valence-electron chi connectivity index (χ0n) is 11.9. The second-order valence-electron chi connectivity index (χ2n) is 4.74. The van der Waals surface area contributed by atoms with Gasteiger partial charge in [-0.05, 0) is 44.5 Å². The summed E-state index contributed by atoms with van der Waals surface area (Å²) in [7, 11) is 0. The Labute approximate surface area is 119 Å². The van der Waals surface area contributed by atoms with Crippen molar-refractivity contribution >= 4 is 11.6 Å². The van der Waals surface area contributed by atoms with Crippen molar-refractivity contribution in [2.24, 2.45) is 0 Å². The Morgan fingerprint density at radius 1 is 1.26 bits per heavy atom. The van der Waals surface area contributed by atoms with Gasteiger partial charge in [-0.25, -0.2) is 4.68 Å². The van der Waals surface area contributed by atoms with Gasteiger partial charge in [0.05, 0.1) is 16.4 Å². The van der Waals surface area contributed by atoms with Gasteiger partial charge in [0.25, 0.3) is 0 Å². The quantitative estimate of drug-likeness (QED) is 0.926. The Hall–Kier alpha value is -1.32. The van der Waals surface area contributed by atoms with Gasteiger partial charge in [0.1, 0.15) is 0 Å². The van der Waals surface area contributed by atoms with Crippen molar-refractivity contribution in [3.05, 3.63) is 45.7 Å². The summed E-state index contributed by atoms with van der Waals surface area (Å²) in [5, 5.41) is 8.69. The molecule has 102 valence electrons. The molecule has 0 aliphatic heterocycles. The number of nitrogens with zero attached hydrogens (tertiary/aromatic N) is 2. The molecule has 0 spiro atoms. The Morgan fingerprint density at radius 3 is 2.58 bits per heavy atom. The monoisotopic (exact) mass is 277 g/mol. The fourth-order valence-corrected chi connectivity index (χ4v) is 2.41. The number of rotatable bonds is 4. The molecule has 3 nitrogen and oxygen atoms in total. The smallest absolute Gasteiger partial charge is 0.0879 e. The summed E-state index contributed by atoms with van der Waals surface area (Å²) >= 11 is 6.39. The van der Waals surface area contributed by atoms with Gasteiger partial charge in [-0.3, -0.25) is 0 Å². The molecule has 1 aromatic heterocycles. The lowest BCUT2D eigenvalue weighted by molar-refractivity contribution is 0.713. The molecule has 1 N–H and O–H groups in total. The van der Waals surface area contributed by atoms with Crippen LogP contribution in [0.4, 0.5) is 0 Å². The van der Waals surface area contributed by atoms with Crippen LogP contribution in [0.1, 0.15) is 29.4 Å². The highest BCUT2D eigenvalue weighted by molar-refractivity contribution is 6.32. The molecule has 0 bridgehead atoms. The van der Waals surface area contributed by atoms with Crippen LogP contribution in [0.2, 0.25) is 5.02 Å². The van der Waals surface area contributed by atoms with Crippen molar-refractivity contribution in [2.45, 2.75) is 34.2 Å². The first kappa shape index (κ1) is 14.1. The van der Waals surface area contributed by atoms with Gasteiger partial charge in [0.15, 0.2) is 0 Å². The average Bonchev–Trinajstić information content (AvgIpc) is 2.64. The zero-order chi connectivity index (χ0) is 14.0. The van der Waals surface area contributed by atoms with Crippen molar-refractivity contribution in [1.29, 1.82) is 0 Å². The largest absolute Gasteiger partial charge is 0.313 e. The van der Waals surface area contributed by atoms with Gasteiger partial charge in [0.2, 0.25) is 0 Å². The molecule has 0 aliphatic carbocycles. The number of para-hydroxylation sites is 1. The number of nitrogens with one attached hydrogen (secondary N) is 1. The van der Waals surface area contributed by atoms with Crippen molar-refractivity contribution < 1.29 is 0 Å². The summed E-state index contributed by atoms with van der Waals surface area (Å²) < 4.78 is 1.96. The standard InChI is InChI=1S/C15H20ClN3/c1-5-17-9-13-7-6-8-14(16)15(13)19-12(4)10(2)11(3)18-19/h6-8,17H,5,9H2,1-4H3. The minimum absolute atomic E-state index is 0.737. The molecule has 0 aliphatic rings. The van der Waals surface area contributed by atoms with Crippen molar-refractivity contribution in [2.75, 3.05) is 6.54 Å². The molecular formula is C15H20ClN3. The lowest BCUT2D eigenvalue weighted by atomic mass is 10.1. The maximum absolute atomic E-state index is 6.39. The van der Waals surface area contributed by atoms with Gasteiger partial charge in [-0.2, -0.15) is 5.10 Å². The van der Waals surface area contributed by atoms with Gasteiger partial charge >= 0.3 is 0 Å². The summed E-state index contributed by atoms with van der Waals surface area (Å²) in [4.78, 5) is 0. The van der Waals surface area contributed by atoms with Gasteiger partial charge in [0, 0.05) is 12.2 Å². The van der Waals surface area contributed by atoms with Crippen molar-refractivity contribution in [3.8, 4) is 5.69 Å². The van der Waals surface area contributed by atoms with E-state index in [1.807, 2.05) is 23.7 Å². The lowest BCUT2D eigenvalue weighted by Gasteiger charge is -2.13. The van der Waals surface area contributed by atoms with E-state index in [2.05, 4.69) is 37.3 Å². The Bertz CT molecular complexity index is 587. The van der Waals surface area contributed by atoms with Crippen LogP contribution in [0.15, 0.2) is 18.2 Å². The van der Waals surface area contributed by atoms with Gasteiger partial charge < -0.3 is 5.32 Å². The van der Waals surface area contributed by atoms with Crippen LogP contribution in [0.3, 0.4) is 0 Å². The van der Waals surface area contributed by atoms with Gasteiger partial charge in [-0.1, -0.05) is 30.7 Å². The van der Waals surface area contributed by atoms with E-state index in [9.17, 15) is 0 Å². The molecule has 4 heteroatoms. The summed E-state index contributed by atoms with van der Waals surface area (Å²) in [5.74, 6) is 0. The topological polar surface area (TPSA) is 29.9 Å². The van der Waals surface area contributed by atoms with E-state index in [0.717, 1.165) is 35.2 Å². The maximum Gasteiger partial charge on any atom is 0.0879 e. The van der Waals surface area contributed by atoms with Crippen LogP contribution in [0, 0.1) is 20.8 Å². The SMILES string of the molecule is CCNCc1cccc(Cl)c1-n1nc(C)c(C)c1C. The maximum atomic E-state index is 6.39. The lowest BCUT2D eigenvalue weighted by Crippen LogP contribution is -2.15. The molecule has 0 atom stereocenters. The minimum atomic E-state index is 0.737. The highest BCUT2D eigenvalue weighted by Gasteiger charge is 2.14. The Morgan fingerprint density at radius 2 is 2.00 bits per heavy atom. The first-order valence-corrected chi connectivity index (χ1v) is 6.95. The number of aryl methyl sites for hydroxylation is 1. The summed E-state index contributed by atoms with van der Waals surface area (Å²) in [6, 6.07) is 5.99. The number of hydrogen-bond donors (Lipinski definition) is 1. The fourth-order valence-electron chi connectivity index (χ4n) is 2.14. The van der Waals surface area contributed by atoms with Crippen LogP contribution >= 0.6 is 11.6 Å². The van der Waals surface area contributed by atoms with Gasteiger partial charge in [-0.15, -0.1) is 0 Å². The highest BCUT2D eigenvalue weighted by atomic mass is 35.5. The van der Waals surface area contributed by atoms with Crippen LogP contribution in [-0.4, -0.2) is 16.3 Å². The third-order valence-electron chi connectivity index (χ3n) is 3.50. The van der Waals surface area contributed by atoms with Crippen LogP contribution in [0.25, 0.3) is 5.69 Å². The Kier molecular flexibility index (Phi) is 4.27. The molecule has 1 aromatic carbocycles. The van der Waals surface area contributed by atoms with E-state index in [0.29, 0.717) is 0 Å². The molecule has 0 saturated heterocycles. The Balaban J connectivity index is 2.56. The predicted octanol–water partition coefficient (Wildman–Crippen LogP) is 3.56. The number of halogens is 1. The second kappa shape index (κ2) is 5.76. The predicted molar refractivity (Wildman–Crippen MR) is 80.2 cm³/mol. The molecule has 0 radical (unpaired) electrons. The molecule has 0 unspecified atom stereocenters. The van der Waals surface area contributed by atoms with Crippen LogP contribution < -0.4 is 5.32 Å². The van der Waals surface area contributed by atoms with E-state index in [1.165, 1.54) is 11.1 Å². The molecule has 1 heterocycles. The summed E-state index contributed by atoms with van der Waals surface area (Å²) in [5.41, 5.74) is 5.56. The van der Waals surface area contributed by atoms with E-state index in [4.69, 9.17) is 11.6 Å². The van der Waals surface area contributed by atoms with Crippen molar-refractivity contribution in [3.63, 3.8) is 0 Å². The van der Waals surface area contributed by atoms with Crippen LogP contribution in [0.5, 0.6) is 0 Å². The summed E-state index contributed by atoms with van der Waals surface area (Å²) in [6.07, 6.45) is 0. The van der Waals surface area contributed by atoms with Crippen LogP contribution in [-0.2, 0) is 6.54 Å². The molecule has 0 saturated carbocycles. The minimum Gasteiger partial charge on any atom is -0.313 e. The molecule has 0 fully saturated rings. The van der Waals surface area contributed by atoms with E-state index >= 15 is 0 Å². The summed E-state index contributed by atoms with van der Waals surface area (Å²) in [6.45, 7) is 10.0. The molecule has 2 rings (SSSR count). The first-order valence-electron chi connectivity index (χ1n) is 6.57. The molecule has 0 amide bonds. The van der Waals surface area contributed by atoms with E-state index in [-0.39, 0.29) is 0 Å². The average molecular weight is 278 g/mol. The first-order chi connectivity index (χ1) is 9.06.